The van der Waals surface area contributed by atoms with Gasteiger partial charge < -0.3 is 20.3 Å². The summed E-state index contributed by atoms with van der Waals surface area (Å²) in [6.45, 7) is 7.39. The molecule has 2 rings (SSSR count). The van der Waals surface area contributed by atoms with Gasteiger partial charge >= 0.3 is 11.8 Å². The number of piperidine rings is 1. The highest BCUT2D eigenvalue weighted by Crippen LogP contribution is 2.18. The van der Waals surface area contributed by atoms with Crippen LogP contribution >= 0.6 is 0 Å². The Morgan fingerprint density at radius 3 is 2.52 bits per heavy atom. The fraction of sp³-hybridized carbons (Fsp3) is 0.579. The number of nitrogens with one attached hydrogen (secondary N) is 2. The van der Waals surface area contributed by atoms with Crippen molar-refractivity contribution in [2.75, 3.05) is 26.7 Å². The van der Waals surface area contributed by atoms with Crippen LogP contribution < -0.4 is 15.4 Å². The molecule has 2 N–H and O–H groups in total. The SMILES string of the molecule is COc1cccc(CNC(=O)C(=O)NCC2CCN(C(C)C)CC2)c1. The van der Waals surface area contributed by atoms with Crippen molar-refractivity contribution in [3.05, 3.63) is 29.8 Å². The summed E-state index contributed by atoms with van der Waals surface area (Å²) in [5, 5.41) is 5.41. The second kappa shape index (κ2) is 9.42. The van der Waals surface area contributed by atoms with E-state index in [2.05, 4.69) is 29.4 Å². The van der Waals surface area contributed by atoms with Gasteiger partial charge in [-0.1, -0.05) is 12.1 Å². The highest BCUT2D eigenvalue weighted by Gasteiger charge is 2.22. The van der Waals surface area contributed by atoms with Gasteiger partial charge in [-0.05, 0) is 63.4 Å². The van der Waals surface area contributed by atoms with Gasteiger partial charge in [0.05, 0.1) is 7.11 Å². The molecule has 0 unspecified atom stereocenters. The van der Waals surface area contributed by atoms with Crippen LogP contribution in [-0.2, 0) is 16.1 Å². The zero-order valence-electron chi connectivity index (χ0n) is 15.4. The summed E-state index contributed by atoms with van der Waals surface area (Å²) in [7, 11) is 1.59. The van der Waals surface area contributed by atoms with Gasteiger partial charge in [-0.2, -0.15) is 0 Å². The van der Waals surface area contributed by atoms with Crippen LogP contribution in [0.1, 0.15) is 32.3 Å². The minimum atomic E-state index is -0.595. The quantitative estimate of drug-likeness (QED) is 0.766. The molecule has 1 fully saturated rings. The van der Waals surface area contributed by atoms with Crippen molar-refractivity contribution in [1.29, 1.82) is 0 Å². The van der Waals surface area contributed by atoms with E-state index in [-0.39, 0.29) is 0 Å². The van der Waals surface area contributed by atoms with Crippen molar-refractivity contribution in [3.63, 3.8) is 0 Å². The van der Waals surface area contributed by atoms with Crippen molar-refractivity contribution >= 4 is 11.8 Å². The Hall–Kier alpha value is -2.08. The molecular formula is C19H29N3O3. The number of hydrogen-bond donors (Lipinski definition) is 2. The Bertz CT molecular complexity index is 581. The van der Waals surface area contributed by atoms with Crippen LogP contribution in [0.2, 0.25) is 0 Å². The Balaban J connectivity index is 1.69. The van der Waals surface area contributed by atoms with Gasteiger partial charge in [0.15, 0.2) is 0 Å². The van der Waals surface area contributed by atoms with Gasteiger partial charge in [-0.25, -0.2) is 0 Å². The number of carbonyl (C=O) groups excluding carboxylic acids is 2. The number of hydrogen-bond acceptors (Lipinski definition) is 4. The first-order valence-corrected chi connectivity index (χ1v) is 8.92. The molecule has 2 amide bonds. The number of likely N-dealkylation sites (tertiary alicyclic amines) is 1. The second-order valence-corrected chi connectivity index (χ2v) is 6.82. The fourth-order valence-corrected chi connectivity index (χ4v) is 3.04. The maximum Gasteiger partial charge on any atom is 0.309 e. The summed E-state index contributed by atoms with van der Waals surface area (Å²) < 4.78 is 5.14. The first kappa shape index (κ1) is 19.2. The van der Waals surface area contributed by atoms with E-state index in [1.165, 1.54) is 0 Å². The predicted molar refractivity (Wildman–Crippen MR) is 97.3 cm³/mol. The Kier molecular flexibility index (Phi) is 7.25. The van der Waals surface area contributed by atoms with E-state index < -0.39 is 11.8 Å². The minimum absolute atomic E-state index is 0.302. The van der Waals surface area contributed by atoms with Crippen molar-refractivity contribution in [1.82, 2.24) is 15.5 Å². The van der Waals surface area contributed by atoms with Gasteiger partial charge in [-0.15, -0.1) is 0 Å². The smallest absolute Gasteiger partial charge is 0.309 e. The molecule has 1 aliphatic heterocycles. The topological polar surface area (TPSA) is 70.7 Å². The number of nitrogens with zero attached hydrogens (tertiary/aromatic N) is 1. The van der Waals surface area contributed by atoms with Gasteiger partial charge in [0.1, 0.15) is 5.75 Å². The van der Waals surface area contributed by atoms with Gasteiger partial charge in [-0.3, -0.25) is 9.59 Å². The van der Waals surface area contributed by atoms with Crippen LogP contribution in [0.15, 0.2) is 24.3 Å². The second-order valence-electron chi connectivity index (χ2n) is 6.82. The minimum Gasteiger partial charge on any atom is -0.497 e. The van der Waals surface area contributed by atoms with E-state index in [9.17, 15) is 9.59 Å². The third-order valence-electron chi connectivity index (χ3n) is 4.72. The van der Waals surface area contributed by atoms with Crippen molar-refractivity contribution < 1.29 is 14.3 Å². The van der Waals surface area contributed by atoms with Crippen molar-refractivity contribution in [2.24, 2.45) is 5.92 Å². The molecule has 1 aromatic carbocycles. The lowest BCUT2D eigenvalue weighted by Crippen LogP contribution is -2.44. The van der Waals surface area contributed by atoms with Crippen molar-refractivity contribution in [2.45, 2.75) is 39.3 Å². The normalized spacial score (nSPS) is 15.8. The summed E-state index contributed by atoms with van der Waals surface area (Å²) in [6.07, 6.45) is 2.12. The summed E-state index contributed by atoms with van der Waals surface area (Å²) in [5.41, 5.74) is 0.890. The predicted octanol–water partition coefficient (Wildman–Crippen LogP) is 1.55. The number of ether oxygens (including phenoxy) is 1. The van der Waals surface area contributed by atoms with E-state index in [1.54, 1.807) is 7.11 Å². The van der Waals surface area contributed by atoms with Crippen molar-refractivity contribution in [3.8, 4) is 5.75 Å². The molecule has 0 atom stereocenters. The highest BCUT2D eigenvalue weighted by atomic mass is 16.5. The maximum absolute atomic E-state index is 11.9. The molecule has 0 spiro atoms. The molecule has 25 heavy (non-hydrogen) atoms. The molecule has 0 saturated carbocycles. The molecule has 6 heteroatoms. The number of amides is 2. The molecule has 0 radical (unpaired) electrons. The lowest BCUT2D eigenvalue weighted by molar-refractivity contribution is -0.139. The molecule has 0 aromatic heterocycles. The van der Waals surface area contributed by atoms with Crippen LogP contribution in [0.3, 0.4) is 0 Å². The first-order chi connectivity index (χ1) is 12.0. The Labute approximate surface area is 149 Å². The zero-order chi connectivity index (χ0) is 18.2. The molecule has 1 heterocycles. The van der Waals surface area contributed by atoms with E-state index in [1.807, 2.05) is 24.3 Å². The van der Waals surface area contributed by atoms with Gasteiger partial charge in [0.25, 0.3) is 0 Å². The summed E-state index contributed by atoms with van der Waals surface area (Å²) >= 11 is 0. The van der Waals surface area contributed by atoms with E-state index in [4.69, 9.17) is 4.74 Å². The summed E-state index contributed by atoms with van der Waals surface area (Å²) in [5.74, 6) is 0.0192. The van der Waals surface area contributed by atoms with Crippen LogP contribution in [0, 0.1) is 5.92 Å². The van der Waals surface area contributed by atoms with Gasteiger partial charge in [0.2, 0.25) is 0 Å². The maximum atomic E-state index is 11.9. The summed E-state index contributed by atoms with van der Waals surface area (Å²) in [4.78, 5) is 26.3. The largest absolute Gasteiger partial charge is 0.497 e. The molecule has 1 aromatic rings. The van der Waals surface area contributed by atoms with E-state index in [0.29, 0.717) is 25.0 Å². The van der Waals surface area contributed by atoms with Crippen LogP contribution in [0.25, 0.3) is 0 Å². The lowest BCUT2D eigenvalue weighted by atomic mass is 9.96. The third kappa shape index (κ3) is 6.05. The number of rotatable bonds is 6. The number of methoxy groups -OCH3 is 1. The Morgan fingerprint density at radius 1 is 1.20 bits per heavy atom. The lowest BCUT2D eigenvalue weighted by Gasteiger charge is -2.34. The number of benzene rings is 1. The van der Waals surface area contributed by atoms with Crippen LogP contribution in [0.4, 0.5) is 0 Å². The van der Waals surface area contributed by atoms with E-state index >= 15 is 0 Å². The standard InChI is InChI=1S/C19H29N3O3/c1-14(2)22-9-7-15(8-10-22)12-20-18(23)19(24)21-13-16-5-4-6-17(11-16)25-3/h4-6,11,14-15H,7-10,12-13H2,1-3H3,(H,20,23)(H,21,24). The van der Waals surface area contributed by atoms with Gasteiger partial charge in [0, 0.05) is 19.1 Å². The fourth-order valence-electron chi connectivity index (χ4n) is 3.04. The average Bonchev–Trinajstić information content (AvgIpc) is 2.64. The Morgan fingerprint density at radius 2 is 1.88 bits per heavy atom. The molecule has 0 bridgehead atoms. The molecule has 6 nitrogen and oxygen atoms in total. The number of carbonyl (C=O) groups is 2. The highest BCUT2D eigenvalue weighted by molar-refractivity contribution is 6.35. The third-order valence-corrected chi connectivity index (χ3v) is 4.72. The summed E-state index contributed by atoms with van der Waals surface area (Å²) in [6, 6.07) is 7.97. The van der Waals surface area contributed by atoms with E-state index in [0.717, 1.165) is 37.2 Å². The van der Waals surface area contributed by atoms with Crippen LogP contribution in [0.5, 0.6) is 5.75 Å². The zero-order valence-corrected chi connectivity index (χ0v) is 15.4. The molecular weight excluding hydrogens is 318 g/mol. The molecule has 138 valence electrons. The van der Waals surface area contributed by atoms with Crippen LogP contribution in [-0.4, -0.2) is 49.5 Å². The molecule has 0 aliphatic carbocycles. The molecule has 1 saturated heterocycles. The molecule has 1 aliphatic rings. The monoisotopic (exact) mass is 347 g/mol. The first-order valence-electron chi connectivity index (χ1n) is 8.92. The average molecular weight is 347 g/mol.